The van der Waals surface area contributed by atoms with Gasteiger partial charge in [0.15, 0.2) is 0 Å². The van der Waals surface area contributed by atoms with Gasteiger partial charge >= 0.3 is 0 Å². The van der Waals surface area contributed by atoms with Crippen molar-refractivity contribution in [3.63, 3.8) is 0 Å². The summed E-state index contributed by atoms with van der Waals surface area (Å²) >= 11 is 6.11. The average molecular weight is 183 g/mol. The Morgan fingerprint density at radius 2 is 1.67 bits per heavy atom. The maximum Gasteiger partial charge on any atom is 0.0430 e. The Morgan fingerprint density at radius 3 is 2.08 bits per heavy atom. The van der Waals surface area contributed by atoms with Crippen molar-refractivity contribution in [2.24, 2.45) is 0 Å². The molecule has 0 saturated carbocycles. The van der Waals surface area contributed by atoms with Crippen LogP contribution in [0, 0.1) is 6.92 Å². The Kier molecular flexibility index (Phi) is 2.79. The fraction of sp³-hybridized carbons (Fsp3) is 0.455. The SMILES string of the molecule is Cc1ccc(CC(C)(C)Cl)cc1. The van der Waals surface area contributed by atoms with Gasteiger partial charge in [-0.15, -0.1) is 11.6 Å². The number of alkyl halides is 1. The number of aryl methyl sites for hydroxylation is 1. The number of hydrogen-bond acceptors (Lipinski definition) is 0. The van der Waals surface area contributed by atoms with Crippen LogP contribution in [0.2, 0.25) is 0 Å². The highest BCUT2D eigenvalue weighted by molar-refractivity contribution is 6.23. The normalized spacial score (nSPS) is 11.7. The summed E-state index contributed by atoms with van der Waals surface area (Å²) in [4.78, 5) is -0.130. The van der Waals surface area contributed by atoms with Crippen molar-refractivity contribution in [2.75, 3.05) is 0 Å². The summed E-state index contributed by atoms with van der Waals surface area (Å²) in [6.45, 7) is 6.17. The van der Waals surface area contributed by atoms with E-state index >= 15 is 0 Å². The van der Waals surface area contributed by atoms with Gasteiger partial charge in [0.05, 0.1) is 0 Å². The van der Waals surface area contributed by atoms with E-state index in [1.54, 1.807) is 0 Å². The molecule has 0 heterocycles. The molecule has 12 heavy (non-hydrogen) atoms. The standard InChI is InChI=1S/C11H15Cl/c1-9-4-6-10(7-5-9)8-11(2,3)12/h4-7H,8H2,1-3H3. The first-order valence-corrected chi connectivity index (χ1v) is 4.60. The van der Waals surface area contributed by atoms with Crippen LogP contribution in [-0.2, 0) is 6.42 Å². The zero-order valence-corrected chi connectivity index (χ0v) is 8.65. The van der Waals surface area contributed by atoms with Gasteiger partial charge in [0.1, 0.15) is 0 Å². The van der Waals surface area contributed by atoms with Crippen molar-refractivity contribution < 1.29 is 0 Å². The van der Waals surface area contributed by atoms with Crippen LogP contribution in [0.4, 0.5) is 0 Å². The lowest BCUT2D eigenvalue weighted by atomic mass is 10.0. The van der Waals surface area contributed by atoms with Crippen molar-refractivity contribution in [3.05, 3.63) is 35.4 Å². The molecule has 0 bridgehead atoms. The molecule has 0 aliphatic heterocycles. The van der Waals surface area contributed by atoms with Gasteiger partial charge < -0.3 is 0 Å². The molecule has 0 aromatic heterocycles. The third-order valence-corrected chi connectivity index (χ3v) is 1.88. The molecule has 1 aromatic carbocycles. The average Bonchev–Trinajstić information content (AvgIpc) is 1.91. The molecule has 0 fully saturated rings. The number of halogens is 1. The molecule has 0 aliphatic carbocycles. The number of hydrogen-bond donors (Lipinski definition) is 0. The second-order valence-corrected chi connectivity index (χ2v) is 4.90. The Balaban J connectivity index is 2.71. The van der Waals surface area contributed by atoms with Crippen molar-refractivity contribution in [1.29, 1.82) is 0 Å². The maximum atomic E-state index is 6.11. The lowest BCUT2D eigenvalue weighted by Crippen LogP contribution is -2.13. The zero-order valence-electron chi connectivity index (χ0n) is 7.89. The van der Waals surface area contributed by atoms with Crippen LogP contribution in [0.15, 0.2) is 24.3 Å². The molecule has 0 atom stereocenters. The molecule has 0 unspecified atom stereocenters. The van der Waals surface area contributed by atoms with Crippen LogP contribution in [-0.4, -0.2) is 4.87 Å². The Hall–Kier alpha value is -0.490. The fourth-order valence-electron chi connectivity index (χ4n) is 1.19. The summed E-state index contributed by atoms with van der Waals surface area (Å²) in [5.41, 5.74) is 2.60. The predicted molar refractivity (Wildman–Crippen MR) is 54.8 cm³/mol. The van der Waals surface area contributed by atoms with E-state index in [0.717, 1.165) is 6.42 Å². The minimum atomic E-state index is -0.130. The van der Waals surface area contributed by atoms with E-state index in [4.69, 9.17) is 11.6 Å². The van der Waals surface area contributed by atoms with Gasteiger partial charge in [-0.2, -0.15) is 0 Å². The summed E-state index contributed by atoms with van der Waals surface area (Å²) in [5, 5.41) is 0. The summed E-state index contributed by atoms with van der Waals surface area (Å²) in [6.07, 6.45) is 0.925. The summed E-state index contributed by atoms with van der Waals surface area (Å²) < 4.78 is 0. The minimum Gasteiger partial charge on any atom is -0.120 e. The van der Waals surface area contributed by atoms with Crippen molar-refractivity contribution in [3.8, 4) is 0 Å². The molecular weight excluding hydrogens is 168 g/mol. The molecule has 0 spiro atoms. The molecule has 1 aromatic rings. The molecule has 66 valence electrons. The lowest BCUT2D eigenvalue weighted by molar-refractivity contribution is 0.694. The molecule has 1 heteroatoms. The molecule has 0 nitrogen and oxygen atoms in total. The number of benzene rings is 1. The molecule has 0 radical (unpaired) electrons. The van der Waals surface area contributed by atoms with E-state index in [1.807, 2.05) is 13.8 Å². The highest BCUT2D eigenvalue weighted by Crippen LogP contribution is 2.19. The minimum absolute atomic E-state index is 0.130. The second kappa shape index (κ2) is 3.49. The molecule has 0 aliphatic rings. The van der Waals surface area contributed by atoms with E-state index in [1.165, 1.54) is 11.1 Å². The fourth-order valence-corrected chi connectivity index (χ4v) is 1.35. The van der Waals surface area contributed by atoms with Crippen LogP contribution in [0.1, 0.15) is 25.0 Å². The quantitative estimate of drug-likeness (QED) is 0.614. The molecular formula is C11H15Cl. The van der Waals surface area contributed by atoms with E-state index < -0.39 is 0 Å². The second-order valence-electron chi connectivity index (χ2n) is 3.88. The smallest absolute Gasteiger partial charge is 0.0430 e. The molecule has 0 amide bonds. The Morgan fingerprint density at radius 1 is 1.17 bits per heavy atom. The van der Waals surface area contributed by atoms with Gasteiger partial charge in [0.25, 0.3) is 0 Å². The topological polar surface area (TPSA) is 0 Å². The van der Waals surface area contributed by atoms with Gasteiger partial charge in [-0.05, 0) is 32.8 Å². The van der Waals surface area contributed by atoms with E-state index in [-0.39, 0.29) is 4.87 Å². The van der Waals surface area contributed by atoms with Crippen LogP contribution >= 0.6 is 11.6 Å². The first kappa shape index (κ1) is 9.60. The van der Waals surface area contributed by atoms with Crippen molar-refractivity contribution in [2.45, 2.75) is 32.1 Å². The highest BCUT2D eigenvalue weighted by atomic mass is 35.5. The number of rotatable bonds is 2. The highest BCUT2D eigenvalue weighted by Gasteiger charge is 2.13. The third-order valence-electron chi connectivity index (χ3n) is 1.75. The van der Waals surface area contributed by atoms with Crippen molar-refractivity contribution in [1.82, 2.24) is 0 Å². The Labute approximate surface area is 79.6 Å². The van der Waals surface area contributed by atoms with Crippen LogP contribution in [0.25, 0.3) is 0 Å². The molecule has 1 rings (SSSR count). The van der Waals surface area contributed by atoms with Gasteiger partial charge in [-0.3, -0.25) is 0 Å². The zero-order chi connectivity index (χ0) is 9.19. The molecule has 0 N–H and O–H groups in total. The van der Waals surface area contributed by atoms with Gasteiger partial charge in [-0.1, -0.05) is 29.8 Å². The summed E-state index contributed by atoms with van der Waals surface area (Å²) in [5.74, 6) is 0. The summed E-state index contributed by atoms with van der Waals surface area (Å²) in [6, 6.07) is 8.52. The van der Waals surface area contributed by atoms with E-state index in [2.05, 4.69) is 31.2 Å². The lowest BCUT2D eigenvalue weighted by Gasteiger charge is -2.15. The van der Waals surface area contributed by atoms with Gasteiger partial charge in [0.2, 0.25) is 0 Å². The van der Waals surface area contributed by atoms with Crippen molar-refractivity contribution >= 4 is 11.6 Å². The van der Waals surface area contributed by atoms with Crippen LogP contribution in [0.3, 0.4) is 0 Å². The monoisotopic (exact) mass is 182 g/mol. The van der Waals surface area contributed by atoms with E-state index in [9.17, 15) is 0 Å². The van der Waals surface area contributed by atoms with Gasteiger partial charge in [0, 0.05) is 4.87 Å². The largest absolute Gasteiger partial charge is 0.120 e. The first-order valence-electron chi connectivity index (χ1n) is 4.22. The van der Waals surface area contributed by atoms with Crippen LogP contribution in [0.5, 0.6) is 0 Å². The first-order chi connectivity index (χ1) is 5.47. The summed E-state index contributed by atoms with van der Waals surface area (Å²) in [7, 11) is 0. The third kappa shape index (κ3) is 3.27. The van der Waals surface area contributed by atoms with Crippen LogP contribution < -0.4 is 0 Å². The maximum absolute atomic E-state index is 6.11. The van der Waals surface area contributed by atoms with Gasteiger partial charge in [-0.25, -0.2) is 0 Å². The Bertz CT molecular complexity index is 241. The van der Waals surface area contributed by atoms with E-state index in [0.29, 0.717) is 0 Å². The predicted octanol–water partition coefficient (Wildman–Crippen LogP) is 3.55. The molecule has 0 saturated heterocycles.